The number of ether oxygens (including phenoxy) is 1. The number of aryl methyl sites for hydroxylation is 1. The third-order valence-corrected chi connectivity index (χ3v) is 2.55. The van der Waals surface area contributed by atoms with Crippen molar-refractivity contribution < 1.29 is 4.74 Å². The van der Waals surface area contributed by atoms with Gasteiger partial charge in [0.05, 0.1) is 12.3 Å². The van der Waals surface area contributed by atoms with E-state index >= 15 is 0 Å². The van der Waals surface area contributed by atoms with Gasteiger partial charge in [-0.25, -0.2) is 0 Å². The van der Waals surface area contributed by atoms with Gasteiger partial charge in [-0.2, -0.15) is 0 Å². The quantitative estimate of drug-likeness (QED) is 0.732. The Morgan fingerprint density at radius 2 is 2.14 bits per heavy atom. The second kappa shape index (κ2) is 3.60. The Kier molecular flexibility index (Phi) is 2.44. The Labute approximate surface area is 85.3 Å². The lowest BCUT2D eigenvalue weighted by atomic mass is 10.0. The van der Waals surface area contributed by atoms with Gasteiger partial charge in [0.1, 0.15) is 5.75 Å². The zero-order valence-electron chi connectivity index (χ0n) is 9.08. The SMILES string of the molecule is Cc1ncc(OC2CC2)cc1C(C)C. The van der Waals surface area contributed by atoms with Crippen molar-refractivity contribution in [3.63, 3.8) is 0 Å². The van der Waals surface area contributed by atoms with Crippen molar-refractivity contribution in [1.82, 2.24) is 4.98 Å². The van der Waals surface area contributed by atoms with Crippen molar-refractivity contribution in [2.24, 2.45) is 0 Å². The molecule has 0 spiro atoms. The Morgan fingerprint density at radius 1 is 1.43 bits per heavy atom. The first kappa shape index (κ1) is 9.50. The molecule has 0 aliphatic heterocycles. The molecule has 0 N–H and O–H groups in total. The molecule has 2 nitrogen and oxygen atoms in total. The van der Waals surface area contributed by atoms with E-state index < -0.39 is 0 Å². The summed E-state index contributed by atoms with van der Waals surface area (Å²) in [6, 6.07) is 2.13. The van der Waals surface area contributed by atoms with E-state index in [1.807, 2.05) is 6.20 Å². The van der Waals surface area contributed by atoms with Crippen molar-refractivity contribution in [1.29, 1.82) is 0 Å². The van der Waals surface area contributed by atoms with Crippen LogP contribution in [0.5, 0.6) is 5.75 Å². The average molecular weight is 191 g/mol. The lowest BCUT2D eigenvalue weighted by molar-refractivity contribution is 0.301. The van der Waals surface area contributed by atoms with E-state index in [0.717, 1.165) is 11.4 Å². The molecule has 1 fully saturated rings. The molecular formula is C12H17NO. The van der Waals surface area contributed by atoms with E-state index in [1.165, 1.54) is 18.4 Å². The van der Waals surface area contributed by atoms with Gasteiger partial charge in [0.15, 0.2) is 0 Å². The lowest BCUT2D eigenvalue weighted by Crippen LogP contribution is -2.00. The summed E-state index contributed by atoms with van der Waals surface area (Å²) in [4.78, 5) is 4.36. The van der Waals surface area contributed by atoms with E-state index in [2.05, 4.69) is 31.8 Å². The molecule has 1 aliphatic rings. The smallest absolute Gasteiger partial charge is 0.138 e. The van der Waals surface area contributed by atoms with Crippen molar-refractivity contribution in [3.05, 3.63) is 23.5 Å². The van der Waals surface area contributed by atoms with Gasteiger partial charge in [-0.3, -0.25) is 4.98 Å². The Morgan fingerprint density at radius 3 is 2.71 bits per heavy atom. The highest BCUT2D eigenvalue weighted by atomic mass is 16.5. The number of hydrogen-bond acceptors (Lipinski definition) is 2. The number of hydrogen-bond donors (Lipinski definition) is 0. The second-order valence-electron chi connectivity index (χ2n) is 4.32. The summed E-state index contributed by atoms with van der Waals surface area (Å²) in [5.41, 5.74) is 2.41. The normalized spacial score (nSPS) is 16.0. The Hall–Kier alpha value is -1.05. The van der Waals surface area contributed by atoms with Crippen LogP contribution in [-0.2, 0) is 0 Å². The van der Waals surface area contributed by atoms with Crippen LogP contribution in [0.1, 0.15) is 43.9 Å². The van der Waals surface area contributed by atoms with Crippen LogP contribution in [0.3, 0.4) is 0 Å². The summed E-state index contributed by atoms with van der Waals surface area (Å²) in [6.07, 6.45) is 4.69. The van der Waals surface area contributed by atoms with Crippen LogP contribution in [-0.4, -0.2) is 11.1 Å². The van der Waals surface area contributed by atoms with E-state index in [-0.39, 0.29) is 0 Å². The van der Waals surface area contributed by atoms with E-state index in [4.69, 9.17) is 4.74 Å². The molecule has 76 valence electrons. The van der Waals surface area contributed by atoms with E-state index in [0.29, 0.717) is 12.0 Å². The largest absolute Gasteiger partial charge is 0.489 e. The van der Waals surface area contributed by atoms with Crippen LogP contribution in [0.15, 0.2) is 12.3 Å². The maximum absolute atomic E-state index is 5.71. The molecule has 1 saturated carbocycles. The highest BCUT2D eigenvalue weighted by molar-refractivity contribution is 5.31. The fraction of sp³-hybridized carbons (Fsp3) is 0.583. The third kappa shape index (κ3) is 2.06. The van der Waals surface area contributed by atoms with Crippen molar-refractivity contribution in [2.45, 2.75) is 45.6 Å². The summed E-state index contributed by atoms with van der Waals surface area (Å²) >= 11 is 0. The zero-order valence-corrected chi connectivity index (χ0v) is 9.08. The van der Waals surface area contributed by atoms with Crippen LogP contribution in [0.2, 0.25) is 0 Å². The molecule has 1 aromatic heterocycles. The summed E-state index contributed by atoms with van der Waals surface area (Å²) < 4.78 is 5.71. The number of rotatable bonds is 3. The van der Waals surface area contributed by atoms with Crippen molar-refractivity contribution >= 4 is 0 Å². The number of nitrogens with zero attached hydrogens (tertiary/aromatic N) is 1. The predicted molar refractivity (Wildman–Crippen MR) is 56.7 cm³/mol. The zero-order chi connectivity index (χ0) is 10.1. The predicted octanol–water partition coefficient (Wildman–Crippen LogP) is 3.05. The fourth-order valence-electron chi connectivity index (χ4n) is 1.56. The van der Waals surface area contributed by atoms with Gasteiger partial charge < -0.3 is 4.74 Å². The minimum absolute atomic E-state index is 0.458. The van der Waals surface area contributed by atoms with Gasteiger partial charge in [0.25, 0.3) is 0 Å². The van der Waals surface area contributed by atoms with Gasteiger partial charge in [0, 0.05) is 5.69 Å². The Balaban J connectivity index is 2.20. The average Bonchev–Trinajstić information content (AvgIpc) is 2.92. The van der Waals surface area contributed by atoms with Crippen LogP contribution >= 0.6 is 0 Å². The fourth-order valence-corrected chi connectivity index (χ4v) is 1.56. The first-order chi connectivity index (χ1) is 6.66. The standard InChI is InChI=1S/C12H17NO/c1-8(2)12-6-11(7-13-9(12)3)14-10-4-5-10/h6-8,10H,4-5H2,1-3H3. The van der Waals surface area contributed by atoms with Crippen LogP contribution < -0.4 is 4.74 Å². The summed E-state index contributed by atoms with van der Waals surface area (Å²) in [7, 11) is 0. The molecule has 2 heteroatoms. The highest BCUT2D eigenvalue weighted by Gasteiger charge is 2.23. The molecule has 0 aromatic carbocycles. The molecule has 2 rings (SSSR count). The number of aromatic nitrogens is 1. The molecule has 0 bridgehead atoms. The van der Waals surface area contributed by atoms with Gasteiger partial charge in [-0.1, -0.05) is 13.8 Å². The second-order valence-corrected chi connectivity index (χ2v) is 4.32. The van der Waals surface area contributed by atoms with Gasteiger partial charge >= 0.3 is 0 Å². The molecule has 1 aromatic rings. The molecule has 0 radical (unpaired) electrons. The first-order valence-electron chi connectivity index (χ1n) is 5.30. The molecule has 0 atom stereocenters. The van der Waals surface area contributed by atoms with Crippen LogP contribution in [0, 0.1) is 6.92 Å². The molecule has 14 heavy (non-hydrogen) atoms. The van der Waals surface area contributed by atoms with Gasteiger partial charge in [0.2, 0.25) is 0 Å². The van der Waals surface area contributed by atoms with Crippen LogP contribution in [0.4, 0.5) is 0 Å². The third-order valence-electron chi connectivity index (χ3n) is 2.55. The lowest BCUT2D eigenvalue weighted by Gasteiger charge is -2.11. The molecular weight excluding hydrogens is 174 g/mol. The van der Waals surface area contributed by atoms with Gasteiger partial charge in [-0.05, 0) is 37.3 Å². The van der Waals surface area contributed by atoms with Crippen molar-refractivity contribution in [2.75, 3.05) is 0 Å². The van der Waals surface area contributed by atoms with Gasteiger partial charge in [-0.15, -0.1) is 0 Å². The van der Waals surface area contributed by atoms with E-state index in [9.17, 15) is 0 Å². The Bertz CT molecular complexity index is 329. The highest BCUT2D eigenvalue weighted by Crippen LogP contribution is 2.28. The monoisotopic (exact) mass is 191 g/mol. The minimum Gasteiger partial charge on any atom is -0.489 e. The topological polar surface area (TPSA) is 22.1 Å². The summed E-state index contributed by atoms with van der Waals surface area (Å²) in [6.45, 7) is 6.42. The molecule has 0 saturated heterocycles. The van der Waals surface area contributed by atoms with E-state index in [1.54, 1.807) is 0 Å². The molecule has 0 unspecified atom stereocenters. The molecule has 1 heterocycles. The van der Waals surface area contributed by atoms with Crippen molar-refractivity contribution in [3.8, 4) is 5.75 Å². The molecule has 1 aliphatic carbocycles. The maximum Gasteiger partial charge on any atom is 0.138 e. The first-order valence-corrected chi connectivity index (χ1v) is 5.30. The summed E-state index contributed by atoms with van der Waals surface area (Å²) in [5.74, 6) is 1.45. The molecule has 0 amide bonds. The summed E-state index contributed by atoms with van der Waals surface area (Å²) in [5, 5.41) is 0. The maximum atomic E-state index is 5.71. The van der Waals surface area contributed by atoms with Crippen LogP contribution in [0.25, 0.3) is 0 Å². The minimum atomic E-state index is 0.458. The number of pyridine rings is 1.